The highest BCUT2D eigenvalue weighted by atomic mass is 16.5. The van der Waals surface area contributed by atoms with E-state index in [2.05, 4.69) is 0 Å². The van der Waals surface area contributed by atoms with Gasteiger partial charge in [0.2, 0.25) is 0 Å². The highest BCUT2D eigenvalue weighted by Crippen LogP contribution is 2.08. The summed E-state index contributed by atoms with van der Waals surface area (Å²) in [5.41, 5.74) is 0.512. The molecule has 19 heavy (non-hydrogen) atoms. The molecule has 5 heteroatoms. The van der Waals surface area contributed by atoms with Crippen LogP contribution in [0, 0.1) is 0 Å². The zero-order chi connectivity index (χ0) is 14.3. The Morgan fingerprint density at radius 2 is 2.11 bits per heavy atom. The van der Waals surface area contributed by atoms with Gasteiger partial charge in [-0.2, -0.15) is 0 Å². The number of aromatic nitrogens is 1. The largest absolute Gasteiger partial charge is 0.466 e. The summed E-state index contributed by atoms with van der Waals surface area (Å²) in [6.45, 7) is 6.39. The Morgan fingerprint density at radius 3 is 2.74 bits per heavy atom. The van der Waals surface area contributed by atoms with Crippen LogP contribution in [0.3, 0.4) is 0 Å². The normalized spacial score (nSPS) is 10.5. The second-order valence-electron chi connectivity index (χ2n) is 4.45. The number of carbonyl (C=O) groups excluding carboxylic acids is 2. The summed E-state index contributed by atoms with van der Waals surface area (Å²) < 4.78 is 11.8. The van der Waals surface area contributed by atoms with Gasteiger partial charge in [0.15, 0.2) is 0 Å². The molecule has 106 valence electrons. The van der Waals surface area contributed by atoms with Gasteiger partial charge in [0.25, 0.3) is 0 Å². The number of rotatable bonds is 7. The lowest BCUT2D eigenvalue weighted by Crippen LogP contribution is -2.16. The van der Waals surface area contributed by atoms with Crippen LogP contribution in [0.1, 0.15) is 44.1 Å². The quantitative estimate of drug-likeness (QED) is 0.712. The van der Waals surface area contributed by atoms with Crippen molar-refractivity contribution in [2.45, 2.75) is 46.3 Å². The predicted octanol–water partition coefficient (Wildman–Crippen LogP) is 2.40. The van der Waals surface area contributed by atoms with Crippen molar-refractivity contribution < 1.29 is 19.1 Å². The van der Waals surface area contributed by atoms with Crippen molar-refractivity contribution in [1.29, 1.82) is 0 Å². The third-order valence-corrected chi connectivity index (χ3v) is 2.47. The van der Waals surface area contributed by atoms with Crippen molar-refractivity contribution in [3.63, 3.8) is 0 Å². The van der Waals surface area contributed by atoms with Crippen LogP contribution in [-0.2, 0) is 20.8 Å². The average Bonchev–Trinajstić information content (AvgIpc) is 2.77. The van der Waals surface area contributed by atoms with E-state index in [9.17, 15) is 9.59 Å². The fourth-order valence-electron chi connectivity index (χ4n) is 1.70. The van der Waals surface area contributed by atoms with E-state index in [-0.39, 0.29) is 18.0 Å². The molecule has 1 aromatic heterocycles. The maximum Gasteiger partial charge on any atom is 0.355 e. The van der Waals surface area contributed by atoms with E-state index in [4.69, 9.17) is 9.47 Å². The van der Waals surface area contributed by atoms with E-state index in [1.807, 2.05) is 20.0 Å². The topological polar surface area (TPSA) is 57.5 Å². The molecule has 0 spiro atoms. The first-order valence-electron chi connectivity index (χ1n) is 6.56. The van der Waals surface area contributed by atoms with Crippen LogP contribution < -0.4 is 0 Å². The van der Waals surface area contributed by atoms with Crippen molar-refractivity contribution in [1.82, 2.24) is 4.57 Å². The van der Waals surface area contributed by atoms with E-state index < -0.39 is 0 Å². The van der Waals surface area contributed by atoms with Crippen LogP contribution in [-0.4, -0.2) is 29.2 Å². The molecule has 0 amide bonds. The molecule has 0 N–H and O–H groups in total. The van der Waals surface area contributed by atoms with E-state index in [0.29, 0.717) is 31.7 Å². The number of carbonyl (C=O) groups is 2. The number of ether oxygens (including phenoxy) is 2. The van der Waals surface area contributed by atoms with Crippen LogP contribution in [0.15, 0.2) is 18.3 Å². The van der Waals surface area contributed by atoms with Crippen LogP contribution in [0.5, 0.6) is 0 Å². The van der Waals surface area contributed by atoms with Gasteiger partial charge < -0.3 is 14.0 Å². The first kappa shape index (κ1) is 15.3. The van der Waals surface area contributed by atoms with Crippen LogP contribution in [0.2, 0.25) is 0 Å². The summed E-state index contributed by atoms with van der Waals surface area (Å²) in [6.07, 6.45) is 2.65. The molecule has 1 rings (SSSR count). The van der Waals surface area contributed by atoms with Crippen LogP contribution in [0.4, 0.5) is 0 Å². The monoisotopic (exact) mass is 267 g/mol. The van der Waals surface area contributed by atoms with Crippen molar-refractivity contribution in [2.75, 3.05) is 6.61 Å². The standard InChI is InChI=1S/C14H21NO4/c1-4-18-13(16)8-6-10-15-9-5-7-12(15)14(17)19-11(2)3/h5,7,9,11H,4,6,8,10H2,1-3H3. The second kappa shape index (κ2) is 7.61. The molecule has 0 fully saturated rings. The molecule has 0 aliphatic heterocycles. The van der Waals surface area contributed by atoms with E-state index >= 15 is 0 Å². The summed E-state index contributed by atoms with van der Waals surface area (Å²) in [5.74, 6) is -0.544. The highest BCUT2D eigenvalue weighted by molar-refractivity contribution is 5.87. The molecule has 0 saturated carbocycles. The molecular formula is C14H21NO4. The van der Waals surface area contributed by atoms with Gasteiger partial charge in [-0.15, -0.1) is 0 Å². The number of esters is 2. The molecule has 0 aliphatic rings. The van der Waals surface area contributed by atoms with E-state index in [1.165, 1.54) is 0 Å². The summed E-state index contributed by atoms with van der Waals surface area (Å²) in [7, 11) is 0. The molecule has 0 atom stereocenters. The summed E-state index contributed by atoms with van der Waals surface area (Å²) in [5, 5.41) is 0. The van der Waals surface area contributed by atoms with Gasteiger partial charge in [0, 0.05) is 19.2 Å². The van der Waals surface area contributed by atoms with Crippen molar-refractivity contribution in [3.8, 4) is 0 Å². The number of hydrogen-bond donors (Lipinski definition) is 0. The van der Waals surface area contributed by atoms with E-state index in [1.54, 1.807) is 23.6 Å². The minimum atomic E-state index is -0.337. The summed E-state index contributed by atoms with van der Waals surface area (Å²) in [6, 6.07) is 3.51. The SMILES string of the molecule is CCOC(=O)CCCn1cccc1C(=O)OC(C)C. The third kappa shape index (κ3) is 5.16. The molecule has 0 bridgehead atoms. The Hall–Kier alpha value is -1.78. The van der Waals surface area contributed by atoms with Crippen LogP contribution in [0.25, 0.3) is 0 Å². The smallest absolute Gasteiger partial charge is 0.355 e. The number of nitrogens with zero attached hydrogens (tertiary/aromatic N) is 1. The molecule has 1 heterocycles. The Kier molecular flexibility index (Phi) is 6.12. The van der Waals surface area contributed by atoms with Gasteiger partial charge in [0.1, 0.15) is 5.69 Å². The minimum absolute atomic E-state index is 0.143. The van der Waals surface area contributed by atoms with Gasteiger partial charge in [-0.25, -0.2) is 4.79 Å². The summed E-state index contributed by atoms with van der Waals surface area (Å²) in [4.78, 5) is 23.0. The first-order valence-corrected chi connectivity index (χ1v) is 6.56. The molecule has 0 radical (unpaired) electrons. The minimum Gasteiger partial charge on any atom is -0.466 e. The van der Waals surface area contributed by atoms with Crippen molar-refractivity contribution in [2.24, 2.45) is 0 Å². The lowest BCUT2D eigenvalue weighted by molar-refractivity contribution is -0.143. The lowest BCUT2D eigenvalue weighted by Gasteiger charge is -2.11. The van der Waals surface area contributed by atoms with Gasteiger partial charge >= 0.3 is 11.9 Å². The third-order valence-electron chi connectivity index (χ3n) is 2.47. The number of hydrogen-bond acceptors (Lipinski definition) is 4. The Labute approximate surface area is 113 Å². The van der Waals surface area contributed by atoms with Crippen molar-refractivity contribution in [3.05, 3.63) is 24.0 Å². The Balaban J connectivity index is 2.49. The first-order chi connectivity index (χ1) is 9.04. The van der Waals surface area contributed by atoms with Gasteiger partial charge in [-0.1, -0.05) is 0 Å². The van der Waals surface area contributed by atoms with Crippen molar-refractivity contribution >= 4 is 11.9 Å². The van der Waals surface area contributed by atoms with Gasteiger partial charge in [-0.3, -0.25) is 4.79 Å². The summed E-state index contributed by atoms with van der Waals surface area (Å²) >= 11 is 0. The average molecular weight is 267 g/mol. The molecule has 0 aliphatic carbocycles. The fourth-order valence-corrected chi connectivity index (χ4v) is 1.70. The Morgan fingerprint density at radius 1 is 1.37 bits per heavy atom. The molecule has 0 aromatic carbocycles. The molecule has 5 nitrogen and oxygen atoms in total. The molecule has 0 saturated heterocycles. The molecule has 1 aromatic rings. The zero-order valence-electron chi connectivity index (χ0n) is 11.7. The molecule has 0 unspecified atom stereocenters. The van der Waals surface area contributed by atoms with E-state index in [0.717, 1.165) is 0 Å². The Bertz CT molecular complexity index is 423. The van der Waals surface area contributed by atoms with Gasteiger partial charge in [-0.05, 0) is 39.3 Å². The van der Waals surface area contributed by atoms with Gasteiger partial charge in [0.05, 0.1) is 12.7 Å². The number of aryl methyl sites for hydroxylation is 1. The highest BCUT2D eigenvalue weighted by Gasteiger charge is 2.13. The molecular weight excluding hydrogens is 246 g/mol. The maximum absolute atomic E-state index is 11.8. The van der Waals surface area contributed by atoms with Crippen LogP contribution >= 0.6 is 0 Å². The maximum atomic E-state index is 11.8. The second-order valence-corrected chi connectivity index (χ2v) is 4.45. The predicted molar refractivity (Wildman–Crippen MR) is 70.9 cm³/mol. The zero-order valence-corrected chi connectivity index (χ0v) is 11.7. The fraction of sp³-hybridized carbons (Fsp3) is 0.571. The lowest BCUT2D eigenvalue weighted by atomic mass is 10.3.